The molecule has 0 radical (unpaired) electrons. The number of carbonyl (C=O) groups is 2. The van der Waals surface area contributed by atoms with Crippen LogP contribution in [0.1, 0.15) is 28.6 Å². The lowest BCUT2D eigenvalue weighted by molar-refractivity contribution is -0.133. The maximum absolute atomic E-state index is 13.7. The molecule has 0 aliphatic carbocycles. The summed E-state index contributed by atoms with van der Waals surface area (Å²) < 4.78 is 29.9. The molecule has 0 aliphatic rings. The summed E-state index contributed by atoms with van der Waals surface area (Å²) in [5, 5.41) is 0.742. The number of ether oxygens (including phenoxy) is 2. The number of likely N-dealkylation sites (N-methyl/N-ethyl adjacent to an activating group) is 1. The molecule has 0 aliphatic heterocycles. The molecule has 2 aromatic carbocycles. The van der Waals surface area contributed by atoms with Crippen LogP contribution in [0.4, 0.5) is 4.39 Å². The molecule has 0 saturated carbocycles. The van der Waals surface area contributed by atoms with Crippen LogP contribution in [0.5, 0.6) is 5.75 Å². The second-order valence-corrected chi connectivity index (χ2v) is 6.56. The van der Waals surface area contributed by atoms with Crippen LogP contribution in [0.2, 0.25) is 0 Å². The molecule has 0 fully saturated rings. The van der Waals surface area contributed by atoms with Crippen molar-refractivity contribution in [3.05, 3.63) is 65.2 Å². The number of hydrogen-bond acceptors (Lipinski definition) is 5. The maximum atomic E-state index is 13.7. The van der Waals surface area contributed by atoms with Crippen LogP contribution in [-0.4, -0.2) is 37.0 Å². The quantitative estimate of drug-likeness (QED) is 0.560. The van der Waals surface area contributed by atoms with Crippen LogP contribution in [-0.2, 0) is 16.1 Å². The van der Waals surface area contributed by atoms with Crippen LogP contribution in [0.25, 0.3) is 11.0 Å². The van der Waals surface area contributed by atoms with Crippen molar-refractivity contribution in [1.82, 2.24) is 4.90 Å². The Labute approximate surface area is 167 Å². The molecule has 7 heteroatoms. The first-order valence-electron chi connectivity index (χ1n) is 9.21. The number of aryl methyl sites for hydroxylation is 1. The van der Waals surface area contributed by atoms with Crippen molar-refractivity contribution in [3.8, 4) is 5.75 Å². The first kappa shape index (κ1) is 20.4. The molecular formula is C22H22FNO5. The van der Waals surface area contributed by atoms with Gasteiger partial charge in [-0.1, -0.05) is 18.2 Å². The van der Waals surface area contributed by atoms with Gasteiger partial charge in [-0.05, 0) is 38.1 Å². The smallest absolute Gasteiger partial charge is 0.375 e. The molecule has 0 unspecified atom stereocenters. The summed E-state index contributed by atoms with van der Waals surface area (Å²) in [5.41, 5.74) is 1.52. The fourth-order valence-corrected chi connectivity index (χ4v) is 2.92. The zero-order chi connectivity index (χ0) is 21.0. The van der Waals surface area contributed by atoms with E-state index in [2.05, 4.69) is 0 Å². The van der Waals surface area contributed by atoms with Gasteiger partial charge in [-0.15, -0.1) is 0 Å². The lowest BCUT2D eigenvalue weighted by atomic mass is 10.1. The first-order valence-corrected chi connectivity index (χ1v) is 9.21. The SMILES string of the molecule is CCOc1ccc2oc(C(=O)OCC(=O)N(C)Cc3ccccc3F)c(C)c2c1. The summed E-state index contributed by atoms with van der Waals surface area (Å²) in [4.78, 5) is 26.0. The van der Waals surface area contributed by atoms with Crippen molar-refractivity contribution in [3.63, 3.8) is 0 Å². The number of furan rings is 1. The van der Waals surface area contributed by atoms with Crippen molar-refractivity contribution in [2.75, 3.05) is 20.3 Å². The summed E-state index contributed by atoms with van der Waals surface area (Å²) in [5.74, 6) is -0.862. The minimum absolute atomic E-state index is 0.0400. The van der Waals surface area contributed by atoms with Crippen molar-refractivity contribution < 1.29 is 27.9 Å². The Kier molecular flexibility index (Phi) is 6.16. The van der Waals surface area contributed by atoms with Gasteiger partial charge in [0.15, 0.2) is 6.61 Å². The lowest BCUT2D eigenvalue weighted by Crippen LogP contribution is -2.31. The Hall–Kier alpha value is -3.35. The molecule has 0 saturated heterocycles. The zero-order valence-electron chi connectivity index (χ0n) is 16.5. The van der Waals surface area contributed by atoms with Gasteiger partial charge in [0.1, 0.15) is 17.1 Å². The van der Waals surface area contributed by atoms with Gasteiger partial charge < -0.3 is 18.8 Å². The minimum Gasteiger partial charge on any atom is -0.494 e. The molecule has 1 aromatic heterocycles. The summed E-state index contributed by atoms with van der Waals surface area (Å²) in [6.07, 6.45) is 0. The standard InChI is InChI=1S/C22H22FNO5/c1-4-27-16-9-10-19-17(11-16)14(2)21(29-19)22(26)28-13-20(25)24(3)12-15-7-5-6-8-18(15)23/h5-11H,4,12-13H2,1-3H3. The fourth-order valence-electron chi connectivity index (χ4n) is 2.92. The zero-order valence-corrected chi connectivity index (χ0v) is 16.5. The maximum Gasteiger partial charge on any atom is 0.375 e. The molecule has 0 spiro atoms. The monoisotopic (exact) mass is 399 g/mol. The van der Waals surface area contributed by atoms with E-state index in [9.17, 15) is 14.0 Å². The average Bonchev–Trinajstić information content (AvgIpc) is 3.04. The molecule has 1 amide bonds. The molecule has 3 aromatic rings. The number of fused-ring (bicyclic) bond motifs is 1. The van der Waals surface area contributed by atoms with E-state index in [1.165, 1.54) is 18.0 Å². The average molecular weight is 399 g/mol. The van der Waals surface area contributed by atoms with E-state index in [4.69, 9.17) is 13.9 Å². The molecule has 152 valence electrons. The Bertz CT molecular complexity index is 1040. The molecule has 0 atom stereocenters. The van der Waals surface area contributed by atoms with Crippen molar-refractivity contribution >= 4 is 22.8 Å². The summed E-state index contributed by atoms with van der Waals surface area (Å²) >= 11 is 0. The highest BCUT2D eigenvalue weighted by Gasteiger charge is 2.21. The van der Waals surface area contributed by atoms with Gasteiger partial charge in [0, 0.05) is 30.1 Å². The summed E-state index contributed by atoms with van der Waals surface area (Å²) in [7, 11) is 1.52. The molecule has 0 bridgehead atoms. The number of nitrogens with zero attached hydrogens (tertiary/aromatic N) is 1. The van der Waals surface area contributed by atoms with Crippen molar-refractivity contribution in [2.45, 2.75) is 20.4 Å². The number of halogens is 1. The van der Waals surface area contributed by atoms with Crippen LogP contribution < -0.4 is 4.74 Å². The Balaban J connectivity index is 1.65. The Morgan fingerprint density at radius 2 is 1.93 bits per heavy atom. The Morgan fingerprint density at radius 1 is 1.17 bits per heavy atom. The molecule has 6 nitrogen and oxygen atoms in total. The summed E-state index contributed by atoms with van der Waals surface area (Å²) in [6.45, 7) is 3.76. The normalized spacial score (nSPS) is 10.8. The topological polar surface area (TPSA) is 69.0 Å². The number of amides is 1. The van der Waals surface area contributed by atoms with Gasteiger partial charge in [0.2, 0.25) is 5.76 Å². The van der Waals surface area contributed by atoms with Gasteiger partial charge in [0.25, 0.3) is 5.91 Å². The molecule has 1 heterocycles. The van der Waals surface area contributed by atoms with E-state index in [1.54, 1.807) is 43.3 Å². The number of rotatable bonds is 7. The van der Waals surface area contributed by atoms with Crippen molar-refractivity contribution in [2.24, 2.45) is 0 Å². The highest BCUT2D eigenvalue weighted by molar-refractivity contribution is 5.97. The third kappa shape index (κ3) is 4.56. The molecular weight excluding hydrogens is 377 g/mol. The minimum atomic E-state index is -0.732. The van der Waals surface area contributed by atoms with Crippen LogP contribution in [0.15, 0.2) is 46.9 Å². The van der Waals surface area contributed by atoms with Crippen molar-refractivity contribution in [1.29, 1.82) is 0 Å². The van der Waals surface area contributed by atoms with Gasteiger partial charge in [0.05, 0.1) is 6.61 Å². The second-order valence-electron chi connectivity index (χ2n) is 6.56. The van der Waals surface area contributed by atoms with Crippen LogP contribution in [0.3, 0.4) is 0 Å². The highest BCUT2D eigenvalue weighted by Crippen LogP contribution is 2.29. The van der Waals surface area contributed by atoms with Gasteiger partial charge in [-0.2, -0.15) is 0 Å². The van der Waals surface area contributed by atoms with E-state index < -0.39 is 24.3 Å². The first-order chi connectivity index (χ1) is 13.9. The number of hydrogen-bond donors (Lipinski definition) is 0. The predicted octanol–water partition coefficient (Wildman–Crippen LogP) is 4.09. The Morgan fingerprint density at radius 3 is 2.66 bits per heavy atom. The number of esters is 1. The van der Waals surface area contributed by atoms with E-state index in [-0.39, 0.29) is 12.3 Å². The largest absolute Gasteiger partial charge is 0.494 e. The third-order valence-corrected chi connectivity index (χ3v) is 4.52. The number of carbonyl (C=O) groups excluding carboxylic acids is 2. The van der Waals surface area contributed by atoms with Crippen LogP contribution >= 0.6 is 0 Å². The lowest BCUT2D eigenvalue weighted by Gasteiger charge is -2.17. The van der Waals surface area contributed by atoms with E-state index in [0.717, 1.165) is 5.39 Å². The van der Waals surface area contributed by atoms with Gasteiger partial charge in [-0.25, -0.2) is 9.18 Å². The van der Waals surface area contributed by atoms with E-state index >= 15 is 0 Å². The van der Waals surface area contributed by atoms with Gasteiger partial charge >= 0.3 is 5.97 Å². The van der Waals surface area contributed by atoms with Crippen LogP contribution in [0, 0.1) is 12.7 Å². The molecule has 29 heavy (non-hydrogen) atoms. The number of benzene rings is 2. The highest BCUT2D eigenvalue weighted by atomic mass is 19.1. The second kappa shape index (κ2) is 8.77. The molecule has 3 rings (SSSR count). The van der Waals surface area contributed by atoms with E-state index in [0.29, 0.717) is 29.1 Å². The van der Waals surface area contributed by atoms with E-state index in [1.807, 2.05) is 6.92 Å². The van der Waals surface area contributed by atoms with Gasteiger partial charge in [-0.3, -0.25) is 4.79 Å². The third-order valence-electron chi connectivity index (χ3n) is 4.52. The summed E-state index contributed by atoms with van der Waals surface area (Å²) in [6, 6.07) is 11.5. The predicted molar refractivity (Wildman–Crippen MR) is 105 cm³/mol. The fraction of sp³-hybridized carbons (Fsp3) is 0.273. The molecule has 0 N–H and O–H groups in total.